The molecule has 2 bridgehead atoms. The minimum absolute atomic E-state index is 0.811. The van der Waals surface area contributed by atoms with Crippen LogP contribution in [-0.4, -0.2) is 0 Å². The summed E-state index contributed by atoms with van der Waals surface area (Å²) in [6.45, 7) is 5.03. The first-order valence-corrected chi connectivity index (χ1v) is 5.21. The summed E-state index contributed by atoms with van der Waals surface area (Å²) < 4.78 is 0. The van der Waals surface area contributed by atoms with Gasteiger partial charge in [-0.05, 0) is 54.8 Å². The molecule has 62 valence electrons. The summed E-state index contributed by atoms with van der Waals surface area (Å²) in [5.74, 6) is 4.50. The largest absolute Gasteiger partial charge is 0.0620 e. The summed E-state index contributed by atoms with van der Waals surface area (Å²) in [5, 5.41) is 0. The number of hydrogen-bond donors (Lipinski definition) is 0. The monoisotopic (exact) mass is 150 g/mol. The van der Waals surface area contributed by atoms with Crippen molar-refractivity contribution >= 4 is 0 Å². The lowest BCUT2D eigenvalue weighted by Gasteiger charge is -2.52. The minimum Gasteiger partial charge on any atom is -0.0620 e. The summed E-state index contributed by atoms with van der Waals surface area (Å²) in [7, 11) is 0. The fourth-order valence-corrected chi connectivity index (χ4v) is 4.27. The molecule has 0 nitrogen and oxygen atoms in total. The molecule has 0 amide bonds. The van der Waals surface area contributed by atoms with Gasteiger partial charge in [0.2, 0.25) is 0 Å². The SMILES string of the molecule is C[C@H]1C2CCC3(C)CC1C3C2. The molecule has 3 aliphatic rings. The van der Waals surface area contributed by atoms with E-state index < -0.39 is 0 Å². The molecule has 0 saturated heterocycles. The van der Waals surface area contributed by atoms with E-state index in [4.69, 9.17) is 0 Å². The fourth-order valence-electron chi connectivity index (χ4n) is 4.27. The van der Waals surface area contributed by atoms with Crippen molar-refractivity contribution in [3.05, 3.63) is 0 Å². The molecular formula is C11H18. The molecule has 0 radical (unpaired) electrons. The highest BCUT2D eigenvalue weighted by molar-refractivity contribution is 5.09. The van der Waals surface area contributed by atoms with Crippen LogP contribution in [0.5, 0.6) is 0 Å². The van der Waals surface area contributed by atoms with Crippen molar-refractivity contribution in [1.29, 1.82) is 0 Å². The molecule has 11 heavy (non-hydrogen) atoms. The van der Waals surface area contributed by atoms with Crippen LogP contribution < -0.4 is 0 Å². The zero-order valence-corrected chi connectivity index (χ0v) is 7.64. The van der Waals surface area contributed by atoms with E-state index in [1.165, 1.54) is 0 Å². The first kappa shape index (κ1) is 6.51. The van der Waals surface area contributed by atoms with Gasteiger partial charge < -0.3 is 0 Å². The maximum absolute atomic E-state index is 2.53. The average molecular weight is 150 g/mol. The Labute approximate surface area is 69.4 Å². The molecule has 5 atom stereocenters. The molecule has 0 aromatic carbocycles. The van der Waals surface area contributed by atoms with E-state index in [1.54, 1.807) is 25.7 Å². The van der Waals surface area contributed by atoms with Crippen LogP contribution in [0.25, 0.3) is 0 Å². The molecule has 4 unspecified atom stereocenters. The Kier molecular flexibility index (Phi) is 0.990. The topological polar surface area (TPSA) is 0 Å². The van der Waals surface area contributed by atoms with Gasteiger partial charge in [0, 0.05) is 0 Å². The Balaban J connectivity index is 1.97. The molecule has 0 aromatic rings. The van der Waals surface area contributed by atoms with E-state index in [-0.39, 0.29) is 0 Å². The van der Waals surface area contributed by atoms with E-state index in [1.807, 2.05) is 0 Å². The van der Waals surface area contributed by atoms with Gasteiger partial charge in [-0.2, -0.15) is 0 Å². The van der Waals surface area contributed by atoms with Gasteiger partial charge in [0.15, 0.2) is 0 Å². The van der Waals surface area contributed by atoms with Gasteiger partial charge in [-0.3, -0.25) is 0 Å². The van der Waals surface area contributed by atoms with Crippen LogP contribution in [0, 0.1) is 29.1 Å². The van der Waals surface area contributed by atoms with Gasteiger partial charge in [0.1, 0.15) is 0 Å². The minimum atomic E-state index is 0.811. The van der Waals surface area contributed by atoms with Crippen LogP contribution in [0.3, 0.4) is 0 Å². The number of rotatable bonds is 0. The highest BCUT2D eigenvalue weighted by Crippen LogP contribution is 2.69. The van der Waals surface area contributed by atoms with Crippen LogP contribution in [0.4, 0.5) is 0 Å². The van der Waals surface area contributed by atoms with Crippen molar-refractivity contribution in [1.82, 2.24) is 0 Å². The Hall–Kier alpha value is 0. The standard InChI is InChI=1S/C11H18/c1-7-8-3-4-11(2)6-9(7)10(11)5-8/h7-10H,3-6H2,1-2H3/t7-,8?,9?,10?,11?/m0/s1. The second kappa shape index (κ2) is 1.67. The van der Waals surface area contributed by atoms with Crippen molar-refractivity contribution in [2.24, 2.45) is 29.1 Å². The van der Waals surface area contributed by atoms with Crippen LogP contribution in [0.1, 0.15) is 39.5 Å². The summed E-state index contributed by atoms with van der Waals surface area (Å²) in [6.07, 6.45) is 6.24. The fraction of sp³-hybridized carbons (Fsp3) is 1.00. The second-order valence-electron chi connectivity index (χ2n) is 5.52. The van der Waals surface area contributed by atoms with Crippen molar-refractivity contribution in [2.75, 3.05) is 0 Å². The summed E-state index contributed by atoms with van der Waals surface area (Å²) >= 11 is 0. The van der Waals surface area contributed by atoms with Gasteiger partial charge >= 0.3 is 0 Å². The molecule has 3 saturated carbocycles. The third-order valence-electron chi connectivity index (χ3n) is 5.18. The lowest BCUT2D eigenvalue weighted by atomic mass is 9.53. The summed E-state index contributed by atoms with van der Waals surface area (Å²) in [4.78, 5) is 0. The predicted octanol–water partition coefficient (Wildman–Crippen LogP) is 3.08. The van der Waals surface area contributed by atoms with E-state index in [9.17, 15) is 0 Å². The molecule has 3 rings (SSSR count). The first-order chi connectivity index (χ1) is 5.21. The van der Waals surface area contributed by atoms with Crippen molar-refractivity contribution in [3.63, 3.8) is 0 Å². The lowest BCUT2D eigenvalue weighted by Crippen LogP contribution is -2.44. The lowest BCUT2D eigenvalue weighted by molar-refractivity contribution is -0.0283. The highest BCUT2D eigenvalue weighted by atomic mass is 14.6. The molecule has 0 aromatic heterocycles. The molecule has 0 heterocycles. The van der Waals surface area contributed by atoms with Crippen LogP contribution in [0.15, 0.2) is 0 Å². The van der Waals surface area contributed by atoms with Crippen molar-refractivity contribution in [2.45, 2.75) is 39.5 Å². The zero-order valence-electron chi connectivity index (χ0n) is 7.64. The van der Waals surface area contributed by atoms with E-state index in [0.29, 0.717) is 0 Å². The molecular weight excluding hydrogens is 132 g/mol. The third-order valence-corrected chi connectivity index (χ3v) is 5.18. The molecule has 3 fully saturated rings. The second-order valence-corrected chi connectivity index (χ2v) is 5.52. The van der Waals surface area contributed by atoms with E-state index in [2.05, 4.69) is 13.8 Å². The van der Waals surface area contributed by atoms with Gasteiger partial charge in [-0.15, -0.1) is 0 Å². The number of hydrogen-bond acceptors (Lipinski definition) is 0. The Morgan fingerprint density at radius 3 is 2.91 bits per heavy atom. The Bertz CT molecular complexity index is 196. The van der Waals surface area contributed by atoms with Crippen LogP contribution in [0.2, 0.25) is 0 Å². The molecule has 0 spiro atoms. The molecule has 0 N–H and O–H groups in total. The Morgan fingerprint density at radius 2 is 2.18 bits per heavy atom. The van der Waals surface area contributed by atoms with Gasteiger partial charge in [-0.1, -0.05) is 13.8 Å². The van der Waals surface area contributed by atoms with Gasteiger partial charge in [0.05, 0.1) is 0 Å². The van der Waals surface area contributed by atoms with E-state index in [0.717, 1.165) is 29.1 Å². The summed E-state index contributed by atoms with van der Waals surface area (Å²) in [6, 6.07) is 0. The molecule has 3 aliphatic carbocycles. The van der Waals surface area contributed by atoms with Gasteiger partial charge in [-0.25, -0.2) is 0 Å². The highest BCUT2D eigenvalue weighted by Gasteiger charge is 2.60. The third kappa shape index (κ3) is 0.588. The number of fused-ring (bicyclic) bond motifs is 1. The quantitative estimate of drug-likeness (QED) is 0.498. The molecule has 0 aliphatic heterocycles. The van der Waals surface area contributed by atoms with Crippen LogP contribution in [-0.2, 0) is 0 Å². The van der Waals surface area contributed by atoms with Crippen LogP contribution >= 0.6 is 0 Å². The summed E-state index contributed by atoms with van der Waals surface area (Å²) in [5.41, 5.74) is 0.811. The maximum Gasteiger partial charge on any atom is -0.0292 e. The molecule has 0 heteroatoms. The van der Waals surface area contributed by atoms with E-state index >= 15 is 0 Å². The predicted molar refractivity (Wildman–Crippen MR) is 46.2 cm³/mol. The maximum atomic E-state index is 2.53. The first-order valence-electron chi connectivity index (χ1n) is 5.21. The van der Waals surface area contributed by atoms with Crippen molar-refractivity contribution in [3.8, 4) is 0 Å². The van der Waals surface area contributed by atoms with Gasteiger partial charge in [0.25, 0.3) is 0 Å². The normalized spacial score (nSPS) is 66.0. The smallest absolute Gasteiger partial charge is 0.0292 e. The van der Waals surface area contributed by atoms with Crippen molar-refractivity contribution < 1.29 is 0 Å². The Morgan fingerprint density at radius 1 is 1.36 bits per heavy atom. The zero-order chi connectivity index (χ0) is 7.64. The average Bonchev–Trinajstić information content (AvgIpc) is 2.08.